The van der Waals surface area contributed by atoms with E-state index in [2.05, 4.69) is 10.6 Å². The summed E-state index contributed by atoms with van der Waals surface area (Å²) >= 11 is 0. The Morgan fingerprint density at radius 1 is 1.04 bits per heavy atom. The summed E-state index contributed by atoms with van der Waals surface area (Å²) in [6, 6.07) is 6.01. The highest BCUT2D eigenvalue weighted by atomic mass is 32.2. The molecule has 0 radical (unpaired) electrons. The molecule has 2 aliphatic rings. The van der Waals surface area contributed by atoms with Gasteiger partial charge in [-0.3, -0.25) is 9.69 Å². The number of amides is 3. The Morgan fingerprint density at radius 2 is 1.69 bits per heavy atom. The fourth-order valence-corrected chi connectivity index (χ4v) is 4.68. The molecule has 26 heavy (non-hydrogen) atoms. The zero-order chi connectivity index (χ0) is 18.6. The summed E-state index contributed by atoms with van der Waals surface area (Å²) in [5.74, 6) is -0.318. The van der Waals surface area contributed by atoms with Gasteiger partial charge in [-0.1, -0.05) is 12.8 Å². The molecule has 0 spiro atoms. The first-order chi connectivity index (χ1) is 12.5. The quantitative estimate of drug-likeness (QED) is 0.800. The number of benzene rings is 1. The Kier molecular flexibility index (Phi) is 5.77. The highest BCUT2D eigenvalue weighted by molar-refractivity contribution is 7.89. The maximum absolute atomic E-state index is 12.7. The Hall–Kier alpha value is -2.13. The first kappa shape index (κ1) is 18.7. The summed E-state index contributed by atoms with van der Waals surface area (Å²) in [5.41, 5.74) is 0.632. The molecule has 1 aromatic carbocycles. The zero-order valence-corrected chi connectivity index (χ0v) is 15.4. The number of hydrogen-bond acceptors (Lipinski definition) is 5. The molecular weight excluding hydrogens is 356 g/mol. The number of nitrogens with one attached hydrogen (secondary N) is 2. The average Bonchev–Trinajstić information content (AvgIpc) is 2.89. The van der Waals surface area contributed by atoms with Gasteiger partial charge in [0.05, 0.1) is 11.4 Å². The SMILES string of the molecule is O=C(CNc1ccc(S(=O)(=O)N2CCCCCC2)cc1)N1CCNC1=O. The third-order valence-corrected chi connectivity index (χ3v) is 6.57. The molecule has 0 bridgehead atoms. The largest absolute Gasteiger partial charge is 0.376 e. The monoisotopic (exact) mass is 380 g/mol. The van der Waals surface area contributed by atoms with E-state index in [0.29, 0.717) is 31.9 Å². The third kappa shape index (κ3) is 4.16. The van der Waals surface area contributed by atoms with E-state index in [-0.39, 0.29) is 23.4 Å². The summed E-state index contributed by atoms with van der Waals surface area (Å²) < 4.78 is 27.0. The molecule has 2 fully saturated rings. The molecule has 9 heteroatoms. The molecule has 8 nitrogen and oxygen atoms in total. The summed E-state index contributed by atoms with van der Waals surface area (Å²) in [6.07, 6.45) is 3.92. The van der Waals surface area contributed by atoms with Crippen molar-refractivity contribution in [3.63, 3.8) is 0 Å². The van der Waals surface area contributed by atoms with Crippen LogP contribution < -0.4 is 10.6 Å². The fourth-order valence-electron chi connectivity index (χ4n) is 3.16. The number of carbonyl (C=O) groups is 2. The van der Waals surface area contributed by atoms with Gasteiger partial charge in [0, 0.05) is 31.9 Å². The van der Waals surface area contributed by atoms with Crippen LogP contribution in [0.15, 0.2) is 29.2 Å². The highest BCUT2D eigenvalue weighted by Crippen LogP contribution is 2.21. The van der Waals surface area contributed by atoms with Crippen LogP contribution in [0, 0.1) is 0 Å². The lowest BCUT2D eigenvalue weighted by Gasteiger charge is -2.20. The third-order valence-electron chi connectivity index (χ3n) is 4.66. The van der Waals surface area contributed by atoms with Crippen molar-refractivity contribution >= 4 is 27.6 Å². The van der Waals surface area contributed by atoms with E-state index in [0.717, 1.165) is 30.6 Å². The van der Waals surface area contributed by atoms with Gasteiger partial charge in [0.2, 0.25) is 15.9 Å². The smallest absolute Gasteiger partial charge is 0.324 e. The highest BCUT2D eigenvalue weighted by Gasteiger charge is 2.26. The van der Waals surface area contributed by atoms with Crippen molar-refractivity contribution in [3.05, 3.63) is 24.3 Å². The van der Waals surface area contributed by atoms with Gasteiger partial charge in [-0.05, 0) is 37.1 Å². The number of rotatable bonds is 5. The Bertz CT molecular complexity index is 755. The first-order valence-corrected chi connectivity index (χ1v) is 10.3. The number of carbonyl (C=O) groups excluding carboxylic acids is 2. The molecule has 3 rings (SSSR count). The van der Waals surface area contributed by atoms with E-state index in [4.69, 9.17) is 0 Å². The molecule has 0 aromatic heterocycles. The van der Waals surface area contributed by atoms with Crippen LogP contribution in [0.2, 0.25) is 0 Å². The van der Waals surface area contributed by atoms with Crippen LogP contribution >= 0.6 is 0 Å². The van der Waals surface area contributed by atoms with Crippen molar-refractivity contribution in [2.75, 3.05) is 38.0 Å². The molecule has 0 atom stereocenters. The number of urea groups is 1. The lowest BCUT2D eigenvalue weighted by Crippen LogP contribution is -2.38. The molecular formula is C17H24N4O4S. The molecule has 3 amide bonds. The van der Waals surface area contributed by atoms with Gasteiger partial charge in [-0.25, -0.2) is 13.2 Å². The van der Waals surface area contributed by atoms with Crippen LogP contribution in [0.3, 0.4) is 0 Å². The van der Waals surface area contributed by atoms with Gasteiger partial charge in [0.25, 0.3) is 0 Å². The van der Waals surface area contributed by atoms with Crippen molar-refractivity contribution in [3.8, 4) is 0 Å². The normalized spacial score (nSPS) is 19.1. The van der Waals surface area contributed by atoms with Crippen LogP contribution in [-0.4, -0.2) is 62.3 Å². The number of anilines is 1. The topological polar surface area (TPSA) is 98.8 Å². The van der Waals surface area contributed by atoms with E-state index in [1.165, 1.54) is 0 Å². The number of imide groups is 1. The maximum atomic E-state index is 12.7. The van der Waals surface area contributed by atoms with Crippen LogP contribution in [0.5, 0.6) is 0 Å². The van der Waals surface area contributed by atoms with Crippen molar-refractivity contribution in [1.29, 1.82) is 0 Å². The summed E-state index contributed by atoms with van der Waals surface area (Å²) in [6.45, 7) is 1.94. The number of nitrogens with zero attached hydrogens (tertiary/aromatic N) is 2. The van der Waals surface area contributed by atoms with Crippen LogP contribution in [0.4, 0.5) is 10.5 Å². The predicted octanol–water partition coefficient (Wildman–Crippen LogP) is 1.21. The molecule has 2 heterocycles. The molecule has 0 aliphatic carbocycles. The second kappa shape index (κ2) is 8.05. The molecule has 2 N–H and O–H groups in total. The van der Waals surface area contributed by atoms with Crippen molar-refractivity contribution < 1.29 is 18.0 Å². The van der Waals surface area contributed by atoms with Crippen molar-refractivity contribution in [2.45, 2.75) is 30.6 Å². The lowest BCUT2D eigenvalue weighted by atomic mass is 10.2. The summed E-state index contributed by atoms with van der Waals surface area (Å²) in [4.78, 5) is 24.9. The molecule has 0 unspecified atom stereocenters. The minimum Gasteiger partial charge on any atom is -0.376 e. The van der Waals surface area contributed by atoms with E-state index in [9.17, 15) is 18.0 Å². The summed E-state index contributed by atoms with van der Waals surface area (Å²) in [5, 5.41) is 5.51. The number of sulfonamides is 1. The molecule has 0 saturated carbocycles. The second-order valence-electron chi connectivity index (χ2n) is 6.47. The first-order valence-electron chi connectivity index (χ1n) is 8.91. The number of hydrogen-bond donors (Lipinski definition) is 2. The Morgan fingerprint density at radius 3 is 2.27 bits per heavy atom. The van der Waals surface area contributed by atoms with E-state index in [1.807, 2.05) is 0 Å². The molecule has 142 valence electrons. The average molecular weight is 380 g/mol. The fraction of sp³-hybridized carbons (Fsp3) is 0.529. The Labute approximate surface area is 153 Å². The van der Waals surface area contributed by atoms with E-state index >= 15 is 0 Å². The van der Waals surface area contributed by atoms with Crippen molar-refractivity contribution in [2.24, 2.45) is 0 Å². The maximum Gasteiger partial charge on any atom is 0.324 e. The van der Waals surface area contributed by atoms with Gasteiger partial charge >= 0.3 is 6.03 Å². The molecule has 2 saturated heterocycles. The van der Waals surface area contributed by atoms with Gasteiger partial charge in [-0.15, -0.1) is 0 Å². The van der Waals surface area contributed by atoms with Crippen LogP contribution in [0.1, 0.15) is 25.7 Å². The van der Waals surface area contributed by atoms with E-state index in [1.54, 1.807) is 28.6 Å². The van der Waals surface area contributed by atoms with Crippen LogP contribution in [-0.2, 0) is 14.8 Å². The van der Waals surface area contributed by atoms with Crippen LogP contribution in [0.25, 0.3) is 0 Å². The lowest BCUT2D eigenvalue weighted by molar-refractivity contribution is -0.125. The van der Waals surface area contributed by atoms with Gasteiger partial charge in [0.15, 0.2) is 0 Å². The predicted molar refractivity (Wildman–Crippen MR) is 97.3 cm³/mol. The minimum atomic E-state index is -3.48. The second-order valence-corrected chi connectivity index (χ2v) is 8.41. The van der Waals surface area contributed by atoms with Gasteiger partial charge in [0.1, 0.15) is 0 Å². The molecule has 1 aromatic rings. The summed E-state index contributed by atoms with van der Waals surface area (Å²) in [7, 11) is -3.48. The Balaban J connectivity index is 1.60. The standard InChI is InChI=1S/C17H24N4O4S/c22-16(21-12-9-18-17(21)23)13-19-14-5-7-15(8-6-14)26(24,25)20-10-3-1-2-4-11-20/h5-8,19H,1-4,9-13H2,(H,18,23). The molecule has 2 aliphatic heterocycles. The van der Waals surface area contributed by atoms with Crippen molar-refractivity contribution in [1.82, 2.24) is 14.5 Å². The van der Waals surface area contributed by atoms with Gasteiger partial charge < -0.3 is 10.6 Å². The zero-order valence-electron chi connectivity index (χ0n) is 14.6. The van der Waals surface area contributed by atoms with Gasteiger partial charge in [-0.2, -0.15) is 4.31 Å². The minimum absolute atomic E-state index is 0.0222. The van der Waals surface area contributed by atoms with E-state index < -0.39 is 10.0 Å².